The molecule has 0 bridgehead atoms. The van der Waals surface area contributed by atoms with Gasteiger partial charge in [-0.25, -0.2) is 0 Å². The van der Waals surface area contributed by atoms with Gasteiger partial charge in [0.1, 0.15) is 66.4 Å². The second kappa shape index (κ2) is 15.2. The van der Waals surface area contributed by atoms with Crippen molar-refractivity contribution in [1.29, 1.82) is 0 Å². The Bertz CT molecular complexity index is 1700. The molecule has 3 heterocycles. The molecule has 53 heavy (non-hydrogen) atoms. The summed E-state index contributed by atoms with van der Waals surface area (Å²) in [7, 11) is 0. The predicted molar refractivity (Wildman–Crippen MR) is 172 cm³/mol. The summed E-state index contributed by atoms with van der Waals surface area (Å²) >= 11 is 0. The topological polar surface area (TPSA) is 315 Å². The third-order valence-electron chi connectivity index (χ3n) is 9.79. The Balaban J connectivity index is 1.37. The van der Waals surface area contributed by atoms with Gasteiger partial charge in [0, 0.05) is 18.1 Å². The van der Waals surface area contributed by atoms with Gasteiger partial charge in [-0.1, -0.05) is 6.07 Å². The number of Topliss-reactive ketones (excluding diaryl/α,β-unsaturated/α-hetero) is 1. The van der Waals surface area contributed by atoms with Gasteiger partial charge < -0.3 is 89.7 Å². The molecule has 3 fully saturated rings. The van der Waals surface area contributed by atoms with Crippen LogP contribution in [0.15, 0.2) is 36.1 Å². The molecule has 0 radical (unpaired) electrons. The number of allylic oxidation sites excluding steroid dienone is 2. The van der Waals surface area contributed by atoms with Crippen molar-refractivity contribution in [3.63, 3.8) is 0 Å². The van der Waals surface area contributed by atoms with Gasteiger partial charge in [0.25, 0.3) is 0 Å². The number of phenols is 4. The first-order valence-corrected chi connectivity index (χ1v) is 16.7. The van der Waals surface area contributed by atoms with Crippen LogP contribution >= 0.6 is 0 Å². The minimum absolute atomic E-state index is 0.0277. The van der Waals surface area contributed by atoms with E-state index in [2.05, 4.69) is 0 Å². The Morgan fingerprint density at radius 3 is 1.92 bits per heavy atom. The fraction of sp³-hybridized carbons (Fsp3) is 0.559. The Hall–Kier alpha value is -3.67. The van der Waals surface area contributed by atoms with Crippen molar-refractivity contribution in [1.82, 2.24) is 0 Å². The molecule has 0 spiro atoms. The lowest BCUT2D eigenvalue weighted by atomic mass is 9.85. The molecule has 15 atom stereocenters. The maximum atomic E-state index is 14.1. The van der Waals surface area contributed by atoms with Gasteiger partial charge in [0.2, 0.25) is 12.1 Å². The summed E-state index contributed by atoms with van der Waals surface area (Å²) < 4.78 is 34.5. The van der Waals surface area contributed by atoms with Crippen LogP contribution < -0.4 is 0 Å². The lowest BCUT2D eigenvalue weighted by Crippen LogP contribution is -2.64. The number of ketones is 1. The zero-order valence-electron chi connectivity index (χ0n) is 28.2. The molecule has 1 aliphatic carbocycles. The quantitative estimate of drug-likeness (QED) is 0.121. The molecule has 12 N–H and O–H groups in total. The van der Waals surface area contributed by atoms with E-state index in [9.17, 15) is 66.1 Å². The van der Waals surface area contributed by atoms with E-state index in [-0.39, 0.29) is 34.4 Å². The average molecular weight is 755 g/mol. The SMILES string of the molecule is CC1OC(OCC2OC(OC3=C(c4ccc(O)c(O)c4)Cc4cc(O)cc(O)c4C3=O)C(OC3OC(C)C(O)C(O)C3O)C(O)C2O)C(O)C(O)C1O. The van der Waals surface area contributed by atoms with Gasteiger partial charge in [0.15, 0.2) is 35.9 Å². The number of hydrogen-bond acceptors (Lipinski definition) is 19. The first kappa shape index (κ1) is 39.0. The van der Waals surface area contributed by atoms with Crippen LogP contribution in [0.2, 0.25) is 0 Å². The van der Waals surface area contributed by atoms with E-state index in [0.29, 0.717) is 0 Å². The van der Waals surface area contributed by atoms with Crippen LogP contribution in [0.25, 0.3) is 5.57 Å². The van der Waals surface area contributed by atoms with Crippen molar-refractivity contribution in [2.75, 3.05) is 6.61 Å². The normalized spacial score (nSPS) is 39.1. The van der Waals surface area contributed by atoms with Crippen LogP contribution in [0.3, 0.4) is 0 Å². The maximum absolute atomic E-state index is 14.1. The molecule has 0 saturated carbocycles. The van der Waals surface area contributed by atoms with E-state index in [4.69, 9.17) is 28.4 Å². The van der Waals surface area contributed by atoms with E-state index in [1.165, 1.54) is 26.0 Å². The van der Waals surface area contributed by atoms with E-state index in [1.54, 1.807) is 0 Å². The molecular weight excluding hydrogens is 712 g/mol. The van der Waals surface area contributed by atoms with Crippen LogP contribution in [0.5, 0.6) is 23.0 Å². The summed E-state index contributed by atoms with van der Waals surface area (Å²) in [6.45, 7) is 2.11. The van der Waals surface area contributed by atoms with Crippen molar-refractivity contribution in [3.8, 4) is 23.0 Å². The summed E-state index contributed by atoms with van der Waals surface area (Å²) in [6, 6.07) is 5.72. The fourth-order valence-corrected chi connectivity index (χ4v) is 6.68. The summed E-state index contributed by atoms with van der Waals surface area (Å²) in [4.78, 5) is 14.1. The van der Waals surface area contributed by atoms with Crippen LogP contribution in [0.4, 0.5) is 0 Å². The van der Waals surface area contributed by atoms with Crippen LogP contribution in [0, 0.1) is 0 Å². The second-order valence-electron chi connectivity index (χ2n) is 13.5. The monoisotopic (exact) mass is 754 g/mol. The van der Waals surface area contributed by atoms with E-state index in [0.717, 1.165) is 18.2 Å². The van der Waals surface area contributed by atoms with Crippen molar-refractivity contribution in [3.05, 3.63) is 52.8 Å². The van der Waals surface area contributed by atoms with Gasteiger partial charge in [-0.15, -0.1) is 0 Å². The highest BCUT2D eigenvalue weighted by Gasteiger charge is 2.52. The number of ether oxygens (including phenoxy) is 6. The van der Waals surface area contributed by atoms with Crippen LogP contribution in [-0.4, -0.2) is 166 Å². The van der Waals surface area contributed by atoms with E-state index in [1.807, 2.05) is 0 Å². The third kappa shape index (κ3) is 7.41. The first-order chi connectivity index (χ1) is 25.0. The summed E-state index contributed by atoms with van der Waals surface area (Å²) in [5.74, 6) is -3.57. The fourth-order valence-electron chi connectivity index (χ4n) is 6.68. The molecule has 15 unspecified atom stereocenters. The number of benzene rings is 2. The zero-order valence-corrected chi connectivity index (χ0v) is 28.2. The largest absolute Gasteiger partial charge is 0.508 e. The molecule has 0 amide bonds. The third-order valence-corrected chi connectivity index (χ3v) is 9.79. The molecule has 0 aromatic heterocycles. The summed E-state index contributed by atoms with van der Waals surface area (Å²) in [5.41, 5.74) is 0.0176. The van der Waals surface area contributed by atoms with Crippen molar-refractivity contribution in [2.24, 2.45) is 0 Å². The zero-order chi connectivity index (χ0) is 38.6. The van der Waals surface area contributed by atoms with Crippen molar-refractivity contribution < 1.29 is 94.5 Å². The Morgan fingerprint density at radius 2 is 1.28 bits per heavy atom. The van der Waals surface area contributed by atoms with Gasteiger partial charge >= 0.3 is 0 Å². The highest BCUT2D eigenvalue weighted by Crippen LogP contribution is 2.42. The molecule has 292 valence electrons. The molecule has 3 aliphatic heterocycles. The number of phenolic OH excluding ortho intramolecular Hbond substituents is 4. The molecule has 6 rings (SSSR count). The van der Waals surface area contributed by atoms with Gasteiger partial charge in [-0.05, 0) is 43.2 Å². The summed E-state index contributed by atoms with van der Waals surface area (Å²) in [5, 5.41) is 126. The minimum atomic E-state index is -2.00. The molecule has 2 aromatic carbocycles. The average Bonchev–Trinajstić information content (AvgIpc) is 3.11. The van der Waals surface area contributed by atoms with Crippen molar-refractivity contribution >= 4 is 11.4 Å². The number of carbonyl (C=O) groups is 1. The molecule has 19 heteroatoms. The lowest BCUT2D eigenvalue weighted by Gasteiger charge is -2.46. The highest BCUT2D eigenvalue weighted by molar-refractivity contribution is 6.16. The lowest BCUT2D eigenvalue weighted by molar-refractivity contribution is -0.365. The molecule has 2 aromatic rings. The summed E-state index contributed by atoms with van der Waals surface area (Å²) in [6.07, 6.45) is -24.9. The second-order valence-corrected chi connectivity index (χ2v) is 13.5. The smallest absolute Gasteiger partial charge is 0.232 e. The standard InChI is InChI=1S/C34H42O19/c1-10-21(39)25(43)28(46)32(49-10)48-9-19-23(41)27(45)31(53-33-29(47)26(44)22(40)11(2)50-33)34(51-19)52-30-15(12-3-4-16(36)17(37)7-12)6-13-5-14(35)8-18(38)20(13)24(30)42/h3-5,7-8,10-11,19,21-23,25-29,31-41,43-47H,6,9H2,1-2H3. The molecular formula is C34H42O19. The molecule has 3 saturated heterocycles. The van der Waals surface area contributed by atoms with Crippen LogP contribution in [-0.2, 0) is 34.8 Å². The number of rotatable bonds is 8. The number of carbonyl (C=O) groups excluding carboxylic acids is 1. The number of hydrogen-bond donors (Lipinski definition) is 12. The molecule has 4 aliphatic rings. The van der Waals surface area contributed by atoms with E-state index < -0.39 is 128 Å². The number of fused-ring (bicyclic) bond motifs is 1. The maximum Gasteiger partial charge on any atom is 0.232 e. The van der Waals surface area contributed by atoms with Crippen LogP contribution in [0.1, 0.15) is 35.3 Å². The predicted octanol–water partition coefficient (Wildman–Crippen LogP) is -2.82. The van der Waals surface area contributed by atoms with Gasteiger partial charge in [-0.2, -0.15) is 0 Å². The van der Waals surface area contributed by atoms with Gasteiger partial charge in [0.05, 0.1) is 24.4 Å². The Labute approximate surface area is 300 Å². The van der Waals surface area contributed by atoms with Crippen molar-refractivity contribution in [2.45, 2.75) is 112 Å². The number of aliphatic hydroxyl groups is 8. The van der Waals surface area contributed by atoms with Gasteiger partial charge in [-0.3, -0.25) is 4.79 Å². The number of aromatic hydroxyl groups is 4. The highest BCUT2D eigenvalue weighted by atomic mass is 16.8. The van der Waals surface area contributed by atoms with E-state index >= 15 is 0 Å². The Kier molecular flexibility index (Phi) is 11.2. The number of aliphatic hydroxyl groups excluding tert-OH is 8. The Morgan fingerprint density at radius 1 is 0.660 bits per heavy atom. The minimum Gasteiger partial charge on any atom is -0.508 e. The molecule has 19 nitrogen and oxygen atoms in total. The first-order valence-electron chi connectivity index (χ1n) is 16.7.